The van der Waals surface area contributed by atoms with E-state index in [0.29, 0.717) is 0 Å². The van der Waals surface area contributed by atoms with Crippen molar-refractivity contribution in [3.63, 3.8) is 0 Å². The molecular formula is C11H17NOS. The van der Waals surface area contributed by atoms with Gasteiger partial charge >= 0.3 is 0 Å². The molecule has 14 heavy (non-hydrogen) atoms. The first-order valence-corrected chi connectivity index (χ1v) is 6.22. The quantitative estimate of drug-likeness (QED) is 0.760. The summed E-state index contributed by atoms with van der Waals surface area (Å²) in [4.78, 5) is 4.03. The molecule has 0 saturated heterocycles. The van der Waals surface area contributed by atoms with Gasteiger partial charge in [0.2, 0.25) is 0 Å². The van der Waals surface area contributed by atoms with E-state index in [0.717, 1.165) is 29.7 Å². The van der Waals surface area contributed by atoms with E-state index in [1.165, 1.54) is 0 Å². The molecule has 0 aromatic carbocycles. The number of pyridine rings is 1. The van der Waals surface area contributed by atoms with Crippen LogP contribution in [0, 0.1) is 6.92 Å². The van der Waals surface area contributed by atoms with Crippen LogP contribution in [0.3, 0.4) is 0 Å². The Hall–Kier alpha value is -0.540. The Balaban J connectivity index is 2.51. The normalized spacial score (nSPS) is 12.8. The van der Waals surface area contributed by atoms with Gasteiger partial charge in [0.15, 0.2) is 0 Å². The number of rotatable bonds is 5. The fraction of sp³-hybridized carbons (Fsp3) is 0.545. The zero-order valence-corrected chi connectivity index (χ0v) is 9.55. The molecule has 0 aliphatic rings. The summed E-state index contributed by atoms with van der Waals surface area (Å²) >= 11 is 1.82. The third-order valence-corrected chi connectivity index (χ3v) is 2.96. The summed E-state index contributed by atoms with van der Waals surface area (Å²) in [6, 6.07) is 1.94. The summed E-state index contributed by atoms with van der Waals surface area (Å²) in [5, 5.41) is 9.88. The number of aliphatic hydroxyl groups is 1. The van der Waals surface area contributed by atoms with Crippen molar-refractivity contribution in [3.8, 4) is 0 Å². The third kappa shape index (κ3) is 3.31. The number of hydrogen-bond donors (Lipinski definition) is 1. The van der Waals surface area contributed by atoms with Gasteiger partial charge in [0, 0.05) is 18.0 Å². The second-order valence-corrected chi connectivity index (χ2v) is 4.37. The molecular weight excluding hydrogens is 194 g/mol. The van der Waals surface area contributed by atoms with E-state index in [4.69, 9.17) is 0 Å². The van der Waals surface area contributed by atoms with Crippen LogP contribution in [0.2, 0.25) is 0 Å². The van der Waals surface area contributed by atoms with Gasteiger partial charge in [-0.25, -0.2) is 0 Å². The van der Waals surface area contributed by atoms with Gasteiger partial charge in [0.05, 0.1) is 6.10 Å². The number of aliphatic hydroxyl groups excluding tert-OH is 1. The van der Waals surface area contributed by atoms with Crippen molar-refractivity contribution in [2.45, 2.75) is 25.9 Å². The molecule has 0 aliphatic heterocycles. The minimum absolute atomic E-state index is 0.351. The summed E-state index contributed by atoms with van der Waals surface area (Å²) in [7, 11) is 0. The van der Waals surface area contributed by atoms with E-state index < -0.39 is 0 Å². The van der Waals surface area contributed by atoms with Crippen LogP contribution in [0.4, 0.5) is 0 Å². The monoisotopic (exact) mass is 211 g/mol. The van der Waals surface area contributed by atoms with Crippen molar-refractivity contribution in [2.75, 3.05) is 12.0 Å². The smallest absolute Gasteiger partial charge is 0.0807 e. The van der Waals surface area contributed by atoms with Gasteiger partial charge in [-0.1, -0.05) is 0 Å². The fourth-order valence-corrected chi connectivity index (χ4v) is 1.86. The van der Waals surface area contributed by atoms with Crippen LogP contribution in [0.25, 0.3) is 0 Å². The van der Waals surface area contributed by atoms with Crippen molar-refractivity contribution in [1.82, 2.24) is 4.98 Å². The highest BCUT2D eigenvalue weighted by Crippen LogP contribution is 2.21. The minimum Gasteiger partial charge on any atom is -0.388 e. The lowest BCUT2D eigenvalue weighted by atomic mass is 10.0. The SMILES string of the molecule is CSCCCC(O)c1cnccc1C. The molecule has 0 aliphatic carbocycles. The number of nitrogens with zero attached hydrogens (tertiary/aromatic N) is 1. The Morgan fingerprint density at radius 3 is 3.00 bits per heavy atom. The van der Waals surface area contributed by atoms with Crippen molar-refractivity contribution >= 4 is 11.8 Å². The lowest BCUT2D eigenvalue weighted by molar-refractivity contribution is 0.166. The Kier molecular flexibility index (Phi) is 4.98. The zero-order chi connectivity index (χ0) is 10.4. The van der Waals surface area contributed by atoms with Crippen LogP contribution in [0.1, 0.15) is 30.1 Å². The minimum atomic E-state index is -0.351. The number of aryl methyl sites for hydroxylation is 1. The maximum Gasteiger partial charge on any atom is 0.0807 e. The van der Waals surface area contributed by atoms with Gasteiger partial charge in [0.1, 0.15) is 0 Å². The van der Waals surface area contributed by atoms with Gasteiger partial charge < -0.3 is 5.11 Å². The second kappa shape index (κ2) is 6.04. The van der Waals surface area contributed by atoms with E-state index in [1.807, 2.05) is 24.8 Å². The standard InChI is InChI=1S/C11H17NOS/c1-9-5-6-12-8-10(9)11(13)4-3-7-14-2/h5-6,8,11,13H,3-4,7H2,1-2H3. The fourth-order valence-electron chi connectivity index (χ4n) is 1.40. The second-order valence-electron chi connectivity index (χ2n) is 3.38. The summed E-state index contributed by atoms with van der Waals surface area (Å²) in [5.74, 6) is 1.11. The predicted molar refractivity (Wildman–Crippen MR) is 61.5 cm³/mol. The lowest BCUT2D eigenvalue weighted by Gasteiger charge is -2.12. The van der Waals surface area contributed by atoms with Crippen LogP contribution in [0.15, 0.2) is 18.5 Å². The van der Waals surface area contributed by atoms with Crippen LogP contribution in [0.5, 0.6) is 0 Å². The average Bonchev–Trinajstić information content (AvgIpc) is 2.18. The first-order chi connectivity index (χ1) is 6.75. The number of thioether (sulfide) groups is 1. The van der Waals surface area contributed by atoms with Crippen molar-refractivity contribution in [2.24, 2.45) is 0 Å². The molecule has 1 N–H and O–H groups in total. The maximum absolute atomic E-state index is 9.88. The number of aromatic nitrogens is 1. The largest absolute Gasteiger partial charge is 0.388 e. The van der Waals surface area contributed by atoms with Crippen LogP contribution < -0.4 is 0 Å². The molecule has 0 radical (unpaired) electrons. The first kappa shape index (κ1) is 11.5. The Morgan fingerprint density at radius 2 is 2.36 bits per heavy atom. The van der Waals surface area contributed by atoms with Crippen molar-refractivity contribution in [3.05, 3.63) is 29.6 Å². The molecule has 0 saturated carbocycles. The molecule has 0 spiro atoms. The lowest BCUT2D eigenvalue weighted by Crippen LogP contribution is -2.01. The van der Waals surface area contributed by atoms with Gasteiger partial charge in [0.25, 0.3) is 0 Å². The molecule has 3 heteroatoms. The van der Waals surface area contributed by atoms with Gasteiger partial charge in [-0.15, -0.1) is 0 Å². The Morgan fingerprint density at radius 1 is 1.57 bits per heavy atom. The van der Waals surface area contributed by atoms with E-state index in [1.54, 1.807) is 12.4 Å². The summed E-state index contributed by atoms with van der Waals surface area (Å²) in [5.41, 5.74) is 2.09. The Bertz CT molecular complexity index is 278. The highest BCUT2D eigenvalue weighted by Gasteiger charge is 2.09. The molecule has 78 valence electrons. The Labute approximate surface area is 89.8 Å². The van der Waals surface area contributed by atoms with E-state index >= 15 is 0 Å². The third-order valence-electron chi connectivity index (χ3n) is 2.26. The van der Waals surface area contributed by atoms with Crippen LogP contribution >= 0.6 is 11.8 Å². The van der Waals surface area contributed by atoms with Crippen LogP contribution in [-0.2, 0) is 0 Å². The van der Waals surface area contributed by atoms with Gasteiger partial charge in [-0.3, -0.25) is 4.98 Å². The maximum atomic E-state index is 9.88. The molecule has 1 unspecified atom stereocenters. The summed E-state index contributed by atoms with van der Waals surface area (Å²) < 4.78 is 0. The molecule has 1 heterocycles. The molecule has 0 fully saturated rings. The molecule has 1 atom stereocenters. The van der Waals surface area contributed by atoms with E-state index in [2.05, 4.69) is 11.2 Å². The van der Waals surface area contributed by atoms with Crippen LogP contribution in [-0.4, -0.2) is 22.1 Å². The molecule has 1 aromatic heterocycles. The first-order valence-electron chi connectivity index (χ1n) is 4.83. The predicted octanol–water partition coefficient (Wildman–Crippen LogP) is 2.57. The van der Waals surface area contributed by atoms with Crippen molar-refractivity contribution in [1.29, 1.82) is 0 Å². The number of hydrogen-bond acceptors (Lipinski definition) is 3. The molecule has 1 aromatic rings. The van der Waals surface area contributed by atoms with E-state index in [9.17, 15) is 5.11 Å². The average molecular weight is 211 g/mol. The molecule has 0 amide bonds. The molecule has 0 bridgehead atoms. The highest BCUT2D eigenvalue weighted by molar-refractivity contribution is 7.98. The summed E-state index contributed by atoms with van der Waals surface area (Å²) in [6.45, 7) is 2.01. The van der Waals surface area contributed by atoms with Gasteiger partial charge in [-0.2, -0.15) is 11.8 Å². The highest BCUT2D eigenvalue weighted by atomic mass is 32.2. The summed E-state index contributed by atoms with van der Waals surface area (Å²) in [6.07, 6.45) is 7.13. The molecule has 1 rings (SSSR count). The van der Waals surface area contributed by atoms with Gasteiger partial charge in [-0.05, 0) is 43.4 Å². The zero-order valence-electron chi connectivity index (χ0n) is 8.73. The topological polar surface area (TPSA) is 33.1 Å². The molecule has 2 nitrogen and oxygen atoms in total. The van der Waals surface area contributed by atoms with E-state index in [-0.39, 0.29) is 6.10 Å². The van der Waals surface area contributed by atoms with Crippen molar-refractivity contribution < 1.29 is 5.11 Å².